The van der Waals surface area contributed by atoms with Gasteiger partial charge in [0, 0.05) is 19.9 Å². The van der Waals surface area contributed by atoms with Gasteiger partial charge in [0.15, 0.2) is 0 Å². The van der Waals surface area contributed by atoms with Crippen LogP contribution in [0.1, 0.15) is 27.2 Å². The minimum absolute atomic E-state index is 0.0831. The molecule has 3 atom stereocenters. The van der Waals surface area contributed by atoms with Gasteiger partial charge in [0.2, 0.25) is 0 Å². The zero-order valence-electron chi connectivity index (χ0n) is 17.8. The minimum Gasteiger partial charge on any atom is -0.392 e. The summed E-state index contributed by atoms with van der Waals surface area (Å²) in [5.74, 6) is 0.253. The molecule has 158 valence electrons. The Labute approximate surface area is 194 Å². The van der Waals surface area contributed by atoms with Gasteiger partial charge in [-0.25, -0.2) is 0 Å². The molecule has 4 heteroatoms. The molecule has 0 heterocycles. The molecule has 0 aliphatic carbocycles. The molecule has 0 bridgehead atoms. The van der Waals surface area contributed by atoms with E-state index >= 15 is 0 Å². The van der Waals surface area contributed by atoms with Crippen molar-refractivity contribution < 1.29 is 5.11 Å². The van der Waals surface area contributed by atoms with Gasteiger partial charge in [-0.2, -0.15) is 0 Å². The Morgan fingerprint density at radius 1 is 0.700 bits per heavy atom. The Kier molecular flexibility index (Phi) is 8.82. The van der Waals surface area contributed by atoms with Crippen molar-refractivity contribution in [2.45, 2.75) is 57.3 Å². The maximum Gasteiger partial charge on any atom is 0.0739 e. The number of hydrogen-bond donors (Lipinski definition) is 1. The van der Waals surface area contributed by atoms with Crippen molar-refractivity contribution in [2.75, 3.05) is 0 Å². The molecule has 0 aliphatic rings. The maximum absolute atomic E-state index is 10.8. The number of thioether (sulfide) groups is 3. The number of aliphatic hydroxyl groups excluding tert-OH is 1. The zero-order valence-corrected chi connectivity index (χ0v) is 20.2. The first-order valence-corrected chi connectivity index (χ1v) is 12.9. The lowest BCUT2D eigenvalue weighted by Crippen LogP contribution is -2.40. The van der Waals surface area contributed by atoms with Gasteiger partial charge in [-0.15, -0.1) is 35.3 Å². The van der Waals surface area contributed by atoms with Gasteiger partial charge in [-0.3, -0.25) is 0 Å². The van der Waals surface area contributed by atoms with Crippen molar-refractivity contribution in [1.82, 2.24) is 0 Å². The number of rotatable bonds is 10. The summed E-state index contributed by atoms with van der Waals surface area (Å²) in [6, 6.07) is 31.7. The standard InChI is InChI=1S/C26H30OS3/c1-4-26(29-23-16-10-6-11-17-23,30-24-18-12-7-13-19-24)20(2)25(21(3)27)28-22-14-8-5-9-15-22/h5-21,25,27H,4H2,1-3H3/t20-,21+,25-/m0/s1. The molecule has 0 amide bonds. The van der Waals surface area contributed by atoms with Gasteiger partial charge in [-0.1, -0.05) is 68.4 Å². The first-order valence-electron chi connectivity index (χ1n) is 10.4. The van der Waals surface area contributed by atoms with E-state index < -0.39 is 6.10 Å². The Morgan fingerprint density at radius 2 is 1.10 bits per heavy atom. The fraction of sp³-hybridized carbons (Fsp3) is 0.308. The summed E-state index contributed by atoms with van der Waals surface area (Å²) in [5, 5.41) is 10.9. The van der Waals surface area contributed by atoms with Crippen LogP contribution in [-0.4, -0.2) is 20.5 Å². The van der Waals surface area contributed by atoms with Crippen molar-refractivity contribution in [2.24, 2.45) is 5.92 Å². The molecule has 0 unspecified atom stereocenters. The second-order valence-corrected chi connectivity index (χ2v) is 11.7. The van der Waals surface area contributed by atoms with E-state index in [2.05, 4.69) is 98.8 Å². The van der Waals surface area contributed by atoms with Crippen LogP contribution >= 0.6 is 35.3 Å². The van der Waals surface area contributed by atoms with Crippen LogP contribution in [0.25, 0.3) is 0 Å². The first-order chi connectivity index (χ1) is 14.5. The molecule has 30 heavy (non-hydrogen) atoms. The van der Waals surface area contributed by atoms with E-state index in [1.807, 2.05) is 36.5 Å². The molecule has 0 fully saturated rings. The predicted molar refractivity (Wildman–Crippen MR) is 135 cm³/mol. The predicted octanol–water partition coefficient (Wildman–Crippen LogP) is 7.86. The van der Waals surface area contributed by atoms with Crippen LogP contribution in [0.3, 0.4) is 0 Å². The molecule has 0 saturated heterocycles. The van der Waals surface area contributed by atoms with E-state index in [0.29, 0.717) is 0 Å². The van der Waals surface area contributed by atoms with Gasteiger partial charge in [0.05, 0.1) is 10.2 Å². The third kappa shape index (κ3) is 6.10. The Bertz CT molecular complexity index is 827. The van der Waals surface area contributed by atoms with Gasteiger partial charge < -0.3 is 5.11 Å². The third-order valence-electron chi connectivity index (χ3n) is 5.24. The van der Waals surface area contributed by atoms with Crippen LogP contribution in [-0.2, 0) is 0 Å². The van der Waals surface area contributed by atoms with Crippen molar-refractivity contribution in [1.29, 1.82) is 0 Å². The van der Waals surface area contributed by atoms with Crippen molar-refractivity contribution in [3.8, 4) is 0 Å². The fourth-order valence-electron chi connectivity index (χ4n) is 3.57. The average molecular weight is 455 g/mol. The Balaban J connectivity index is 1.97. The number of hydrogen-bond acceptors (Lipinski definition) is 4. The van der Waals surface area contributed by atoms with Gasteiger partial charge in [-0.05, 0) is 55.7 Å². The van der Waals surface area contributed by atoms with Crippen LogP contribution in [0.5, 0.6) is 0 Å². The summed E-state index contributed by atoms with van der Waals surface area (Å²) >= 11 is 5.66. The molecule has 0 radical (unpaired) electrons. The minimum atomic E-state index is -0.413. The van der Waals surface area contributed by atoms with Crippen molar-refractivity contribution >= 4 is 35.3 Å². The van der Waals surface area contributed by atoms with Crippen molar-refractivity contribution in [3.63, 3.8) is 0 Å². The molecule has 3 aromatic carbocycles. The zero-order chi connectivity index (χ0) is 21.4. The molecule has 3 rings (SSSR count). The second-order valence-electron chi connectivity index (χ2n) is 7.42. The van der Waals surface area contributed by atoms with E-state index in [1.165, 1.54) is 14.7 Å². The van der Waals surface area contributed by atoms with Crippen LogP contribution in [0.4, 0.5) is 0 Å². The molecular formula is C26H30OS3. The van der Waals surface area contributed by atoms with E-state index in [9.17, 15) is 5.11 Å². The van der Waals surface area contributed by atoms with Gasteiger partial charge in [0.25, 0.3) is 0 Å². The summed E-state index contributed by atoms with van der Waals surface area (Å²) in [5.41, 5.74) is 0. The van der Waals surface area contributed by atoms with Gasteiger partial charge >= 0.3 is 0 Å². The maximum atomic E-state index is 10.8. The largest absolute Gasteiger partial charge is 0.392 e. The van der Waals surface area contributed by atoms with Crippen LogP contribution in [0.2, 0.25) is 0 Å². The third-order valence-corrected chi connectivity index (χ3v) is 10.4. The topological polar surface area (TPSA) is 20.2 Å². The number of aliphatic hydroxyl groups is 1. The Hall–Kier alpha value is -1.33. The quantitative estimate of drug-likeness (QED) is 0.248. The van der Waals surface area contributed by atoms with E-state index in [1.54, 1.807) is 11.8 Å². The summed E-state index contributed by atoms with van der Waals surface area (Å²) in [7, 11) is 0. The summed E-state index contributed by atoms with van der Waals surface area (Å²) < 4.78 is -0.105. The molecule has 0 spiro atoms. The highest BCUT2D eigenvalue weighted by atomic mass is 32.2. The van der Waals surface area contributed by atoms with Gasteiger partial charge in [0.1, 0.15) is 0 Å². The molecule has 1 N–H and O–H groups in total. The molecule has 0 saturated carbocycles. The fourth-order valence-corrected chi connectivity index (χ4v) is 8.09. The SMILES string of the molecule is CCC(Sc1ccccc1)(Sc1ccccc1)[C@@H](C)[C@H](Sc1ccccc1)[C@@H](C)O. The lowest BCUT2D eigenvalue weighted by Gasteiger charge is -2.42. The lowest BCUT2D eigenvalue weighted by molar-refractivity contribution is 0.168. The molecule has 0 aromatic heterocycles. The highest BCUT2D eigenvalue weighted by Gasteiger charge is 2.43. The summed E-state index contributed by atoms with van der Waals surface area (Å²) in [6.45, 7) is 6.51. The number of benzene rings is 3. The summed E-state index contributed by atoms with van der Waals surface area (Å²) in [4.78, 5) is 3.74. The second kappa shape index (κ2) is 11.3. The molecular weight excluding hydrogens is 424 g/mol. The smallest absolute Gasteiger partial charge is 0.0739 e. The van der Waals surface area contributed by atoms with E-state index in [0.717, 1.165) is 6.42 Å². The molecule has 3 aromatic rings. The highest BCUT2D eigenvalue weighted by Crippen LogP contribution is 2.55. The van der Waals surface area contributed by atoms with Crippen molar-refractivity contribution in [3.05, 3.63) is 91.0 Å². The molecule has 1 nitrogen and oxygen atoms in total. The first kappa shape index (κ1) is 23.3. The average Bonchev–Trinajstić information content (AvgIpc) is 2.78. The van der Waals surface area contributed by atoms with Crippen LogP contribution in [0, 0.1) is 5.92 Å². The van der Waals surface area contributed by atoms with Crippen LogP contribution < -0.4 is 0 Å². The van der Waals surface area contributed by atoms with Crippen LogP contribution in [0.15, 0.2) is 106 Å². The summed E-state index contributed by atoms with van der Waals surface area (Å²) in [6.07, 6.45) is 0.579. The monoisotopic (exact) mass is 454 g/mol. The Morgan fingerprint density at radius 3 is 1.47 bits per heavy atom. The van der Waals surface area contributed by atoms with E-state index in [4.69, 9.17) is 0 Å². The highest BCUT2D eigenvalue weighted by molar-refractivity contribution is 8.18. The van der Waals surface area contributed by atoms with E-state index in [-0.39, 0.29) is 15.2 Å². The normalized spacial score (nSPS) is 14.8. The lowest BCUT2D eigenvalue weighted by atomic mass is 9.97. The molecule has 0 aliphatic heterocycles.